The van der Waals surface area contributed by atoms with Crippen LogP contribution in [0.4, 0.5) is 11.4 Å². The molecule has 0 heterocycles. The summed E-state index contributed by atoms with van der Waals surface area (Å²) in [6.07, 6.45) is 5.55. The fraction of sp³-hybridized carbons (Fsp3) is 0.579. The van der Waals surface area contributed by atoms with Crippen LogP contribution in [0.2, 0.25) is 0 Å². The first kappa shape index (κ1) is 18.3. The summed E-state index contributed by atoms with van der Waals surface area (Å²) < 4.78 is 0. The molecule has 5 heteroatoms. The number of rotatable bonds is 5. The van der Waals surface area contributed by atoms with E-state index in [0.29, 0.717) is 5.69 Å². The predicted octanol–water partition coefficient (Wildman–Crippen LogP) is 3.17. The van der Waals surface area contributed by atoms with Gasteiger partial charge < -0.3 is 15.5 Å². The smallest absolute Gasteiger partial charge is 0.239 e. The molecular formula is C19H29N3O2. The van der Waals surface area contributed by atoms with Gasteiger partial charge in [0.25, 0.3) is 0 Å². The standard InChI is InChI=1S/C19H29N3O2/c1-19(2,17(23)20-14-8-6-5-7-9-14)18(24)21-15-10-12-16(13-11-15)22(3)4/h10-14H,5-9H2,1-4H3,(H,20,23)(H,21,24). The van der Waals surface area contributed by atoms with Gasteiger partial charge in [-0.25, -0.2) is 0 Å². The second kappa shape index (κ2) is 7.69. The van der Waals surface area contributed by atoms with Crippen LogP contribution in [0.3, 0.4) is 0 Å². The van der Waals surface area contributed by atoms with Crippen LogP contribution in [0, 0.1) is 5.41 Å². The van der Waals surface area contributed by atoms with E-state index in [1.54, 1.807) is 13.8 Å². The molecule has 1 saturated carbocycles. The number of hydrogen-bond acceptors (Lipinski definition) is 3. The van der Waals surface area contributed by atoms with Gasteiger partial charge in [0, 0.05) is 31.5 Å². The van der Waals surface area contributed by atoms with Gasteiger partial charge in [-0.05, 0) is 51.0 Å². The average molecular weight is 331 g/mol. The van der Waals surface area contributed by atoms with Crippen LogP contribution in [0.25, 0.3) is 0 Å². The van der Waals surface area contributed by atoms with Crippen LogP contribution >= 0.6 is 0 Å². The Hall–Kier alpha value is -2.04. The Morgan fingerprint density at radius 2 is 1.58 bits per heavy atom. The van der Waals surface area contributed by atoms with Gasteiger partial charge in [-0.2, -0.15) is 0 Å². The Kier molecular flexibility index (Phi) is 5.86. The first-order chi connectivity index (χ1) is 11.3. The molecule has 0 bridgehead atoms. The SMILES string of the molecule is CN(C)c1ccc(NC(=O)C(C)(C)C(=O)NC2CCCCC2)cc1. The molecule has 0 saturated heterocycles. The zero-order valence-electron chi connectivity index (χ0n) is 15.2. The fourth-order valence-corrected chi connectivity index (χ4v) is 2.85. The van der Waals surface area contributed by atoms with Gasteiger partial charge >= 0.3 is 0 Å². The highest BCUT2D eigenvalue weighted by Crippen LogP contribution is 2.23. The van der Waals surface area contributed by atoms with E-state index in [9.17, 15) is 9.59 Å². The van der Waals surface area contributed by atoms with E-state index in [1.165, 1.54) is 6.42 Å². The summed E-state index contributed by atoms with van der Waals surface area (Å²) in [6, 6.07) is 7.78. The van der Waals surface area contributed by atoms with Crippen molar-refractivity contribution in [3.05, 3.63) is 24.3 Å². The molecule has 2 N–H and O–H groups in total. The van der Waals surface area contributed by atoms with Crippen LogP contribution in [0.1, 0.15) is 46.0 Å². The second-order valence-corrected chi connectivity index (χ2v) is 7.33. The summed E-state index contributed by atoms with van der Waals surface area (Å²) in [7, 11) is 3.93. The molecule has 0 radical (unpaired) electrons. The Labute approximate surface area is 144 Å². The highest BCUT2D eigenvalue weighted by Gasteiger charge is 2.37. The summed E-state index contributed by atoms with van der Waals surface area (Å²) >= 11 is 0. The molecule has 1 fully saturated rings. The van der Waals surface area contributed by atoms with Crippen molar-refractivity contribution in [1.82, 2.24) is 5.32 Å². The van der Waals surface area contributed by atoms with E-state index in [2.05, 4.69) is 10.6 Å². The normalized spacial score (nSPS) is 15.7. The maximum atomic E-state index is 12.6. The van der Waals surface area contributed by atoms with Crippen molar-refractivity contribution in [2.75, 3.05) is 24.3 Å². The third-order valence-electron chi connectivity index (χ3n) is 4.72. The van der Waals surface area contributed by atoms with Gasteiger partial charge in [-0.15, -0.1) is 0 Å². The molecule has 2 rings (SSSR count). The molecule has 24 heavy (non-hydrogen) atoms. The van der Waals surface area contributed by atoms with Crippen molar-refractivity contribution >= 4 is 23.2 Å². The third-order valence-corrected chi connectivity index (χ3v) is 4.72. The maximum absolute atomic E-state index is 12.6. The molecule has 0 aromatic heterocycles. The van der Waals surface area contributed by atoms with Crippen molar-refractivity contribution in [2.24, 2.45) is 5.41 Å². The molecule has 2 amide bonds. The molecule has 1 aromatic rings. The second-order valence-electron chi connectivity index (χ2n) is 7.33. The molecule has 132 valence electrons. The quantitative estimate of drug-likeness (QED) is 0.815. The van der Waals surface area contributed by atoms with Gasteiger partial charge in [0.05, 0.1) is 0 Å². The van der Waals surface area contributed by atoms with E-state index in [4.69, 9.17) is 0 Å². The first-order valence-corrected chi connectivity index (χ1v) is 8.70. The molecule has 1 aliphatic rings. The number of nitrogens with zero attached hydrogens (tertiary/aromatic N) is 1. The van der Waals surface area contributed by atoms with E-state index in [1.807, 2.05) is 43.3 Å². The Morgan fingerprint density at radius 3 is 2.12 bits per heavy atom. The van der Waals surface area contributed by atoms with Crippen LogP contribution < -0.4 is 15.5 Å². The van der Waals surface area contributed by atoms with Crippen LogP contribution in [-0.2, 0) is 9.59 Å². The molecule has 0 atom stereocenters. The summed E-state index contributed by atoms with van der Waals surface area (Å²) in [5.41, 5.74) is 0.656. The Balaban J connectivity index is 1.96. The van der Waals surface area contributed by atoms with Gasteiger partial charge in [0.1, 0.15) is 5.41 Å². The van der Waals surface area contributed by atoms with E-state index in [0.717, 1.165) is 31.4 Å². The number of carbonyl (C=O) groups excluding carboxylic acids is 2. The lowest BCUT2D eigenvalue weighted by Gasteiger charge is -2.28. The number of hydrogen-bond donors (Lipinski definition) is 2. The largest absolute Gasteiger partial charge is 0.378 e. The minimum absolute atomic E-state index is 0.197. The van der Waals surface area contributed by atoms with Crippen molar-refractivity contribution in [2.45, 2.75) is 52.0 Å². The summed E-state index contributed by atoms with van der Waals surface area (Å²) in [5.74, 6) is -0.481. The Bertz CT molecular complexity index is 573. The topological polar surface area (TPSA) is 61.4 Å². The monoisotopic (exact) mass is 331 g/mol. The number of nitrogens with one attached hydrogen (secondary N) is 2. The lowest BCUT2D eigenvalue weighted by Crippen LogP contribution is -2.49. The lowest BCUT2D eigenvalue weighted by atomic mass is 9.88. The van der Waals surface area contributed by atoms with E-state index >= 15 is 0 Å². The third kappa shape index (κ3) is 4.49. The number of carbonyl (C=O) groups is 2. The lowest BCUT2D eigenvalue weighted by molar-refractivity contribution is -0.139. The zero-order valence-corrected chi connectivity index (χ0v) is 15.2. The Morgan fingerprint density at radius 1 is 1.00 bits per heavy atom. The average Bonchev–Trinajstić information content (AvgIpc) is 2.56. The van der Waals surface area contributed by atoms with Crippen LogP contribution in [0.15, 0.2) is 24.3 Å². The van der Waals surface area contributed by atoms with Crippen LogP contribution in [0.5, 0.6) is 0 Å². The summed E-state index contributed by atoms with van der Waals surface area (Å²) in [4.78, 5) is 27.1. The fourth-order valence-electron chi connectivity index (χ4n) is 2.85. The number of amides is 2. The van der Waals surface area contributed by atoms with Crippen molar-refractivity contribution < 1.29 is 9.59 Å². The minimum Gasteiger partial charge on any atom is -0.378 e. The predicted molar refractivity (Wildman–Crippen MR) is 98.2 cm³/mol. The van der Waals surface area contributed by atoms with Gasteiger partial charge in [0.2, 0.25) is 11.8 Å². The highest BCUT2D eigenvalue weighted by molar-refractivity contribution is 6.09. The molecule has 0 unspecified atom stereocenters. The first-order valence-electron chi connectivity index (χ1n) is 8.70. The summed E-state index contributed by atoms with van der Waals surface area (Å²) in [5, 5.41) is 5.89. The molecule has 0 aliphatic heterocycles. The summed E-state index contributed by atoms with van der Waals surface area (Å²) in [6.45, 7) is 3.35. The highest BCUT2D eigenvalue weighted by atomic mass is 16.2. The maximum Gasteiger partial charge on any atom is 0.239 e. The van der Waals surface area contributed by atoms with Gasteiger partial charge in [-0.1, -0.05) is 19.3 Å². The zero-order chi connectivity index (χ0) is 17.7. The molecular weight excluding hydrogens is 302 g/mol. The van der Waals surface area contributed by atoms with Crippen molar-refractivity contribution in [3.8, 4) is 0 Å². The molecule has 5 nitrogen and oxygen atoms in total. The molecule has 1 aliphatic carbocycles. The minimum atomic E-state index is -1.10. The van der Waals surface area contributed by atoms with Gasteiger partial charge in [-0.3, -0.25) is 9.59 Å². The number of benzene rings is 1. The molecule has 0 spiro atoms. The van der Waals surface area contributed by atoms with E-state index < -0.39 is 5.41 Å². The number of anilines is 2. The van der Waals surface area contributed by atoms with E-state index in [-0.39, 0.29) is 17.9 Å². The van der Waals surface area contributed by atoms with Crippen LogP contribution in [-0.4, -0.2) is 32.0 Å². The molecule has 1 aromatic carbocycles. The van der Waals surface area contributed by atoms with Crippen molar-refractivity contribution in [3.63, 3.8) is 0 Å². The van der Waals surface area contributed by atoms with Gasteiger partial charge in [0.15, 0.2) is 0 Å². The van der Waals surface area contributed by atoms with Crippen molar-refractivity contribution in [1.29, 1.82) is 0 Å².